The summed E-state index contributed by atoms with van der Waals surface area (Å²) in [6.07, 6.45) is 5.62. The fourth-order valence-corrected chi connectivity index (χ4v) is 2.08. The molecule has 0 aliphatic heterocycles. The molecule has 0 spiro atoms. The Kier molecular flexibility index (Phi) is 4.91. The van der Waals surface area contributed by atoms with Gasteiger partial charge in [0.05, 0.1) is 6.67 Å². The van der Waals surface area contributed by atoms with Gasteiger partial charge in [0.25, 0.3) is 0 Å². The van der Waals surface area contributed by atoms with Gasteiger partial charge >= 0.3 is 0 Å². The van der Waals surface area contributed by atoms with E-state index in [9.17, 15) is 4.39 Å². The van der Waals surface area contributed by atoms with Gasteiger partial charge in [-0.1, -0.05) is 60.7 Å². The molecule has 0 nitrogen and oxygen atoms in total. The number of rotatable bonds is 5. The molecule has 0 saturated carbocycles. The van der Waals surface area contributed by atoms with Crippen molar-refractivity contribution in [2.24, 2.45) is 0 Å². The van der Waals surface area contributed by atoms with E-state index in [1.54, 1.807) is 0 Å². The van der Waals surface area contributed by atoms with Gasteiger partial charge in [-0.25, -0.2) is 0 Å². The summed E-state index contributed by atoms with van der Waals surface area (Å²) in [4.78, 5) is 0. The molecule has 0 saturated heterocycles. The zero-order chi connectivity index (χ0) is 13.5. The maximum atomic E-state index is 12.3. The molecule has 1 heteroatoms. The highest BCUT2D eigenvalue weighted by atomic mass is 19.1. The van der Waals surface area contributed by atoms with Gasteiger partial charge in [-0.2, -0.15) is 0 Å². The van der Waals surface area contributed by atoms with Gasteiger partial charge in [-0.3, -0.25) is 4.39 Å². The van der Waals surface area contributed by atoms with Gasteiger partial charge in [0.1, 0.15) is 0 Å². The SMILES string of the molecule is Cc1ccc(/C=C/c2ccccc2)cc1CCCF. The van der Waals surface area contributed by atoms with Crippen molar-refractivity contribution in [1.82, 2.24) is 0 Å². The second-order valence-electron chi connectivity index (χ2n) is 4.72. The maximum Gasteiger partial charge on any atom is 0.0897 e. The van der Waals surface area contributed by atoms with Gasteiger partial charge in [-0.15, -0.1) is 0 Å². The van der Waals surface area contributed by atoms with Gasteiger partial charge in [0.2, 0.25) is 0 Å². The Balaban J connectivity index is 2.14. The molecule has 0 N–H and O–H groups in total. The summed E-state index contributed by atoms with van der Waals surface area (Å²) < 4.78 is 12.3. The third kappa shape index (κ3) is 4.06. The van der Waals surface area contributed by atoms with Crippen LogP contribution in [0.5, 0.6) is 0 Å². The maximum absolute atomic E-state index is 12.3. The molecule has 0 aliphatic rings. The van der Waals surface area contributed by atoms with Gasteiger partial charge in [-0.05, 0) is 42.0 Å². The number of hydrogen-bond donors (Lipinski definition) is 0. The minimum absolute atomic E-state index is 0.247. The first-order chi connectivity index (χ1) is 9.29. The Bertz CT molecular complexity index is 541. The molecule has 2 rings (SSSR count). The van der Waals surface area contributed by atoms with E-state index in [4.69, 9.17) is 0 Å². The molecule has 0 atom stereocenters. The molecule has 0 aromatic heterocycles. The summed E-state index contributed by atoms with van der Waals surface area (Å²) in [6.45, 7) is 1.84. The lowest BCUT2D eigenvalue weighted by molar-refractivity contribution is 0.473. The number of halogens is 1. The van der Waals surface area contributed by atoms with Crippen molar-refractivity contribution in [3.63, 3.8) is 0 Å². The normalized spacial score (nSPS) is 11.1. The first-order valence-corrected chi connectivity index (χ1v) is 6.68. The van der Waals surface area contributed by atoms with Gasteiger partial charge in [0, 0.05) is 0 Å². The van der Waals surface area contributed by atoms with Crippen LogP contribution < -0.4 is 0 Å². The van der Waals surface area contributed by atoms with Crippen molar-refractivity contribution in [2.75, 3.05) is 6.67 Å². The summed E-state index contributed by atoms with van der Waals surface area (Å²) in [5.74, 6) is 0. The van der Waals surface area contributed by atoms with Crippen LogP contribution in [0.15, 0.2) is 48.5 Å². The number of hydrogen-bond acceptors (Lipinski definition) is 0. The third-order valence-electron chi connectivity index (χ3n) is 3.22. The van der Waals surface area contributed by atoms with Gasteiger partial charge < -0.3 is 0 Å². The zero-order valence-corrected chi connectivity index (χ0v) is 11.3. The molecule has 19 heavy (non-hydrogen) atoms. The number of benzene rings is 2. The average Bonchev–Trinajstić information content (AvgIpc) is 2.46. The van der Waals surface area contributed by atoms with Gasteiger partial charge in [0.15, 0.2) is 0 Å². The second kappa shape index (κ2) is 6.89. The van der Waals surface area contributed by atoms with E-state index in [2.05, 4.69) is 49.4 Å². The summed E-state index contributed by atoms with van der Waals surface area (Å²) in [7, 11) is 0. The minimum atomic E-state index is -0.247. The molecule has 2 aromatic rings. The van der Waals surface area contributed by atoms with E-state index in [1.807, 2.05) is 18.2 Å². The molecule has 0 amide bonds. The third-order valence-corrected chi connectivity index (χ3v) is 3.22. The van der Waals surface area contributed by atoms with Crippen molar-refractivity contribution in [3.8, 4) is 0 Å². The molecule has 2 aromatic carbocycles. The summed E-state index contributed by atoms with van der Waals surface area (Å²) in [5.41, 5.74) is 4.84. The lowest BCUT2D eigenvalue weighted by Crippen LogP contribution is -1.91. The fourth-order valence-electron chi connectivity index (χ4n) is 2.08. The van der Waals surface area contributed by atoms with Crippen LogP contribution >= 0.6 is 0 Å². The molecule has 0 fully saturated rings. The first kappa shape index (κ1) is 13.5. The lowest BCUT2D eigenvalue weighted by atomic mass is 10.0. The highest BCUT2D eigenvalue weighted by Crippen LogP contribution is 2.16. The average molecular weight is 254 g/mol. The van der Waals surface area contributed by atoms with Crippen LogP contribution in [-0.4, -0.2) is 6.67 Å². The van der Waals surface area contributed by atoms with Crippen LogP contribution in [0.2, 0.25) is 0 Å². The monoisotopic (exact) mass is 254 g/mol. The van der Waals surface area contributed by atoms with Crippen molar-refractivity contribution in [1.29, 1.82) is 0 Å². The molecule has 98 valence electrons. The zero-order valence-electron chi connectivity index (χ0n) is 11.3. The highest BCUT2D eigenvalue weighted by Gasteiger charge is 1.99. The number of alkyl halides is 1. The minimum Gasteiger partial charge on any atom is -0.251 e. The Morgan fingerprint density at radius 1 is 0.947 bits per heavy atom. The Labute approximate surface area is 114 Å². The molecule has 0 aliphatic carbocycles. The fraction of sp³-hybridized carbons (Fsp3) is 0.222. The predicted molar refractivity (Wildman–Crippen MR) is 80.8 cm³/mol. The highest BCUT2D eigenvalue weighted by molar-refractivity contribution is 5.70. The molecule has 0 unspecified atom stereocenters. The van der Waals surface area contributed by atoms with Crippen molar-refractivity contribution < 1.29 is 4.39 Å². The molecule has 0 heterocycles. The van der Waals surface area contributed by atoms with E-state index < -0.39 is 0 Å². The predicted octanol–water partition coefficient (Wildman–Crippen LogP) is 5.07. The topological polar surface area (TPSA) is 0 Å². The Morgan fingerprint density at radius 3 is 2.42 bits per heavy atom. The van der Waals surface area contributed by atoms with Crippen molar-refractivity contribution in [3.05, 3.63) is 70.8 Å². The Morgan fingerprint density at radius 2 is 1.68 bits per heavy atom. The second-order valence-corrected chi connectivity index (χ2v) is 4.72. The van der Waals surface area contributed by atoms with Crippen molar-refractivity contribution in [2.45, 2.75) is 19.8 Å². The molecular formula is C18H19F. The van der Waals surface area contributed by atoms with E-state index in [-0.39, 0.29) is 6.67 Å². The van der Waals surface area contributed by atoms with Crippen LogP contribution in [-0.2, 0) is 6.42 Å². The van der Waals surface area contributed by atoms with Crippen LogP contribution in [0.1, 0.15) is 28.7 Å². The van der Waals surface area contributed by atoms with E-state index in [1.165, 1.54) is 22.3 Å². The smallest absolute Gasteiger partial charge is 0.0897 e. The van der Waals surface area contributed by atoms with Crippen molar-refractivity contribution >= 4 is 12.2 Å². The Hall–Kier alpha value is -1.89. The van der Waals surface area contributed by atoms with Crippen LogP contribution in [0.25, 0.3) is 12.2 Å². The lowest BCUT2D eigenvalue weighted by Gasteiger charge is -2.06. The summed E-state index contributed by atoms with van der Waals surface area (Å²) in [6, 6.07) is 16.6. The standard InChI is InChI=1S/C18H19F/c1-15-9-10-17(14-18(15)8-5-13-19)12-11-16-6-3-2-4-7-16/h2-4,6-7,9-12,14H,5,8,13H2,1H3/b12-11+. The largest absolute Gasteiger partial charge is 0.251 e. The molecular weight excluding hydrogens is 235 g/mol. The van der Waals surface area contributed by atoms with Crippen LogP contribution in [0.3, 0.4) is 0 Å². The molecule has 0 radical (unpaired) electrons. The first-order valence-electron chi connectivity index (χ1n) is 6.68. The summed E-state index contributed by atoms with van der Waals surface area (Å²) in [5, 5.41) is 0. The van der Waals surface area contributed by atoms with Crippen LogP contribution in [0.4, 0.5) is 4.39 Å². The van der Waals surface area contributed by atoms with E-state index in [0.717, 1.165) is 6.42 Å². The molecule has 0 bridgehead atoms. The number of aryl methyl sites for hydroxylation is 2. The van der Waals surface area contributed by atoms with E-state index in [0.29, 0.717) is 6.42 Å². The quantitative estimate of drug-likeness (QED) is 0.654. The van der Waals surface area contributed by atoms with E-state index >= 15 is 0 Å². The summed E-state index contributed by atoms with van der Waals surface area (Å²) >= 11 is 0. The van der Waals surface area contributed by atoms with Crippen LogP contribution in [0, 0.1) is 6.92 Å².